The minimum atomic E-state index is -0.639. The van der Waals surface area contributed by atoms with Crippen molar-refractivity contribution in [2.75, 3.05) is 26.8 Å². The summed E-state index contributed by atoms with van der Waals surface area (Å²) in [6.45, 7) is 1.28. The first-order chi connectivity index (χ1) is 12.7. The molecule has 0 bridgehead atoms. The van der Waals surface area contributed by atoms with Crippen LogP contribution in [0.1, 0.15) is 6.42 Å². The molecule has 0 spiro atoms. The summed E-state index contributed by atoms with van der Waals surface area (Å²) in [5.74, 6) is 1.93. The van der Waals surface area contributed by atoms with Crippen LogP contribution in [0.4, 0.5) is 0 Å². The van der Waals surface area contributed by atoms with Gasteiger partial charge in [-0.05, 0) is 12.1 Å². The summed E-state index contributed by atoms with van der Waals surface area (Å²) in [5, 5.41) is 0. The Labute approximate surface area is 150 Å². The van der Waals surface area contributed by atoms with E-state index in [0.717, 1.165) is 6.42 Å². The first kappa shape index (κ1) is 16.4. The van der Waals surface area contributed by atoms with E-state index in [1.807, 2.05) is 18.2 Å². The van der Waals surface area contributed by atoms with Crippen LogP contribution in [-0.4, -0.2) is 59.8 Å². The number of methoxy groups -OCH3 is 1. The lowest BCUT2D eigenvalue weighted by atomic mass is 10.2. The molecule has 8 heteroatoms. The number of nitrogens with zero attached hydrogens (tertiary/aromatic N) is 3. The highest BCUT2D eigenvalue weighted by atomic mass is 16.6. The van der Waals surface area contributed by atoms with E-state index in [4.69, 9.17) is 18.9 Å². The van der Waals surface area contributed by atoms with Gasteiger partial charge in [0.25, 0.3) is 5.91 Å². The third kappa shape index (κ3) is 3.35. The summed E-state index contributed by atoms with van der Waals surface area (Å²) in [6.07, 6.45) is 2.98. The van der Waals surface area contributed by atoms with Crippen molar-refractivity contribution in [2.24, 2.45) is 0 Å². The van der Waals surface area contributed by atoms with Gasteiger partial charge in [0.1, 0.15) is 12.7 Å². The highest BCUT2D eigenvalue weighted by Crippen LogP contribution is 2.31. The lowest BCUT2D eigenvalue weighted by Gasteiger charge is -2.28. The SMILES string of the molecule is COc1cncc(O[C@H]2CCN(C(=O)[C@H]3COc4ccccc4O3)C2)n1. The second-order valence-electron chi connectivity index (χ2n) is 6.08. The van der Waals surface area contributed by atoms with Gasteiger partial charge in [0.05, 0.1) is 26.0 Å². The summed E-state index contributed by atoms with van der Waals surface area (Å²) in [6, 6.07) is 7.34. The van der Waals surface area contributed by atoms with Crippen molar-refractivity contribution in [2.45, 2.75) is 18.6 Å². The molecule has 2 atom stereocenters. The molecular formula is C18H19N3O5. The molecule has 3 heterocycles. The number of amides is 1. The molecule has 2 aliphatic heterocycles. The second kappa shape index (κ2) is 7.07. The maximum absolute atomic E-state index is 12.7. The molecular weight excluding hydrogens is 338 g/mol. The lowest BCUT2D eigenvalue weighted by Crippen LogP contribution is -2.46. The van der Waals surface area contributed by atoms with Crippen molar-refractivity contribution in [3.63, 3.8) is 0 Å². The van der Waals surface area contributed by atoms with E-state index in [1.54, 1.807) is 11.0 Å². The first-order valence-corrected chi connectivity index (χ1v) is 8.43. The lowest BCUT2D eigenvalue weighted by molar-refractivity contribution is -0.140. The number of hydrogen-bond acceptors (Lipinski definition) is 7. The standard InChI is InChI=1S/C18H19N3O5/c1-23-16-8-19-9-17(20-16)25-12-6-7-21(10-12)18(22)15-11-24-13-4-2-3-5-14(13)26-15/h2-5,8-9,12,15H,6-7,10-11H2,1H3/t12-,15+/m0/s1. The predicted octanol–water partition coefficient (Wildman–Crippen LogP) is 1.30. The Balaban J connectivity index is 1.35. The number of ether oxygens (including phenoxy) is 4. The maximum Gasteiger partial charge on any atom is 0.267 e. The van der Waals surface area contributed by atoms with Crippen molar-refractivity contribution in [3.8, 4) is 23.3 Å². The maximum atomic E-state index is 12.7. The number of carbonyl (C=O) groups excluding carboxylic acids is 1. The van der Waals surface area contributed by atoms with Crippen LogP contribution in [0, 0.1) is 0 Å². The van der Waals surface area contributed by atoms with Crippen molar-refractivity contribution < 1.29 is 23.7 Å². The highest BCUT2D eigenvalue weighted by molar-refractivity contribution is 5.82. The fraction of sp³-hybridized carbons (Fsp3) is 0.389. The van der Waals surface area contributed by atoms with Gasteiger partial charge in [-0.15, -0.1) is 0 Å². The average molecular weight is 357 g/mol. The van der Waals surface area contributed by atoms with E-state index >= 15 is 0 Å². The predicted molar refractivity (Wildman–Crippen MR) is 90.6 cm³/mol. The normalized spacial score (nSPS) is 21.3. The summed E-state index contributed by atoms with van der Waals surface area (Å²) in [4.78, 5) is 22.7. The molecule has 0 N–H and O–H groups in total. The van der Waals surface area contributed by atoms with E-state index in [-0.39, 0.29) is 18.6 Å². The van der Waals surface area contributed by atoms with Gasteiger partial charge in [-0.3, -0.25) is 9.78 Å². The monoisotopic (exact) mass is 357 g/mol. The Morgan fingerprint density at radius 3 is 2.88 bits per heavy atom. The van der Waals surface area contributed by atoms with Gasteiger partial charge in [0.15, 0.2) is 11.5 Å². The van der Waals surface area contributed by atoms with Crippen molar-refractivity contribution >= 4 is 5.91 Å². The Kier molecular flexibility index (Phi) is 4.47. The number of likely N-dealkylation sites (tertiary alicyclic amines) is 1. The van der Waals surface area contributed by atoms with Crippen LogP contribution >= 0.6 is 0 Å². The van der Waals surface area contributed by atoms with Crippen molar-refractivity contribution in [1.82, 2.24) is 14.9 Å². The minimum absolute atomic E-state index is 0.0951. The van der Waals surface area contributed by atoms with Crippen LogP contribution in [0.5, 0.6) is 23.3 Å². The van der Waals surface area contributed by atoms with Gasteiger partial charge in [0, 0.05) is 13.0 Å². The number of rotatable bonds is 4. The fourth-order valence-electron chi connectivity index (χ4n) is 3.03. The Hall–Kier alpha value is -3.03. The van der Waals surface area contributed by atoms with Crippen LogP contribution in [0.15, 0.2) is 36.7 Å². The van der Waals surface area contributed by atoms with Crippen LogP contribution in [0.3, 0.4) is 0 Å². The van der Waals surface area contributed by atoms with Gasteiger partial charge in [-0.25, -0.2) is 0 Å². The molecule has 2 aliphatic rings. The van der Waals surface area contributed by atoms with Crippen LogP contribution < -0.4 is 18.9 Å². The summed E-state index contributed by atoms with van der Waals surface area (Å²) in [5.41, 5.74) is 0. The average Bonchev–Trinajstić information content (AvgIpc) is 3.15. The zero-order valence-corrected chi connectivity index (χ0v) is 14.3. The molecule has 1 fully saturated rings. The first-order valence-electron chi connectivity index (χ1n) is 8.43. The third-order valence-electron chi connectivity index (χ3n) is 4.33. The Morgan fingerprint density at radius 1 is 1.23 bits per heavy atom. The number of para-hydroxylation sites is 2. The third-order valence-corrected chi connectivity index (χ3v) is 4.33. The Morgan fingerprint density at radius 2 is 2.04 bits per heavy atom. The topological polar surface area (TPSA) is 83.0 Å². The van der Waals surface area contributed by atoms with E-state index < -0.39 is 6.10 Å². The minimum Gasteiger partial charge on any atom is -0.485 e. The van der Waals surface area contributed by atoms with Gasteiger partial charge < -0.3 is 23.8 Å². The molecule has 136 valence electrons. The molecule has 26 heavy (non-hydrogen) atoms. The highest BCUT2D eigenvalue weighted by Gasteiger charge is 2.35. The second-order valence-corrected chi connectivity index (χ2v) is 6.08. The van der Waals surface area contributed by atoms with Gasteiger partial charge in [-0.1, -0.05) is 12.1 Å². The van der Waals surface area contributed by atoms with E-state index in [1.165, 1.54) is 19.5 Å². The van der Waals surface area contributed by atoms with Crippen LogP contribution in [0.2, 0.25) is 0 Å². The van der Waals surface area contributed by atoms with E-state index in [2.05, 4.69) is 9.97 Å². The fourth-order valence-corrected chi connectivity index (χ4v) is 3.03. The number of aromatic nitrogens is 2. The zero-order valence-electron chi connectivity index (χ0n) is 14.3. The molecule has 0 aliphatic carbocycles. The van der Waals surface area contributed by atoms with Crippen LogP contribution in [-0.2, 0) is 4.79 Å². The molecule has 1 saturated heterocycles. The molecule has 1 aromatic carbocycles. The van der Waals surface area contributed by atoms with E-state index in [0.29, 0.717) is 36.3 Å². The smallest absolute Gasteiger partial charge is 0.267 e. The number of carbonyl (C=O) groups is 1. The Bertz CT molecular complexity index is 800. The summed E-state index contributed by atoms with van der Waals surface area (Å²) in [7, 11) is 1.52. The quantitative estimate of drug-likeness (QED) is 0.816. The van der Waals surface area contributed by atoms with Gasteiger partial charge >= 0.3 is 0 Å². The van der Waals surface area contributed by atoms with E-state index in [9.17, 15) is 4.79 Å². The molecule has 0 unspecified atom stereocenters. The number of fused-ring (bicyclic) bond motifs is 1. The van der Waals surface area contributed by atoms with Crippen LogP contribution in [0.25, 0.3) is 0 Å². The largest absolute Gasteiger partial charge is 0.485 e. The molecule has 2 aromatic rings. The van der Waals surface area contributed by atoms with Gasteiger partial charge in [-0.2, -0.15) is 4.98 Å². The van der Waals surface area contributed by atoms with Crippen molar-refractivity contribution in [3.05, 3.63) is 36.7 Å². The molecule has 1 amide bonds. The zero-order chi connectivity index (χ0) is 17.9. The molecule has 0 radical (unpaired) electrons. The van der Waals surface area contributed by atoms with Crippen molar-refractivity contribution in [1.29, 1.82) is 0 Å². The summed E-state index contributed by atoms with van der Waals surface area (Å²) >= 11 is 0. The van der Waals surface area contributed by atoms with Gasteiger partial charge in [0.2, 0.25) is 17.9 Å². The molecule has 1 aromatic heterocycles. The molecule has 4 rings (SSSR count). The number of benzene rings is 1. The molecule has 0 saturated carbocycles. The molecule has 8 nitrogen and oxygen atoms in total. The summed E-state index contributed by atoms with van der Waals surface area (Å²) < 4.78 is 22.3. The number of hydrogen-bond donors (Lipinski definition) is 0.